The van der Waals surface area contributed by atoms with Gasteiger partial charge in [0.25, 0.3) is 0 Å². The topological polar surface area (TPSA) is 37.7 Å². The number of rotatable bonds is 3. The Morgan fingerprint density at radius 3 is 2.71 bits per heavy atom. The third-order valence-corrected chi connectivity index (χ3v) is 2.13. The first-order chi connectivity index (χ1) is 6.90. The van der Waals surface area contributed by atoms with Crippen molar-refractivity contribution in [2.24, 2.45) is 0 Å². The van der Waals surface area contributed by atoms with Crippen LogP contribution in [0.4, 0.5) is 0 Å². The van der Waals surface area contributed by atoms with Crippen LogP contribution in [-0.4, -0.2) is 9.55 Å². The van der Waals surface area contributed by atoms with Gasteiger partial charge in [-0.15, -0.1) is 0 Å². The summed E-state index contributed by atoms with van der Waals surface area (Å²) in [4.78, 5) is 3.98. The molecule has 14 heavy (non-hydrogen) atoms. The Labute approximate surface area is 82.7 Å². The number of benzene rings is 1. The van der Waals surface area contributed by atoms with E-state index in [0.717, 1.165) is 6.54 Å². The van der Waals surface area contributed by atoms with Crippen molar-refractivity contribution in [3.63, 3.8) is 0 Å². The SMILES string of the molecule is [O]Cc1nccn1Cc1ccccc1. The molecule has 1 radical (unpaired) electrons. The predicted octanol–water partition coefficient (Wildman–Crippen LogP) is 1.86. The molecule has 2 aromatic rings. The lowest BCUT2D eigenvalue weighted by molar-refractivity contribution is 0.166. The van der Waals surface area contributed by atoms with E-state index in [-0.39, 0.29) is 6.61 Å². The first-order valence-electron chi connectivity index (χ1n) is 4.52. The van der Waals surface area contributed by atoms with Crippen molar-refractivity contribution >= 4 is 0 Å². The quantitative estimate of drug-likeness (QED) is 0.722. The Morgan fingerprint density at radius 2 is 2.00 bits per heavy atom. The highest BCUT2D eigenvalue weighted by Gasteiger charge is 2.01. The van der Waals surface area contributed by atoms with Crippen LogP contribution < -0.4 is 0 Å². The van der Waals surface area contributed by atoms with Gasteiger partial charge in [-0.2, -0.15) is 0 Å². The van der Waals surface area contributed by atoms with Crippen LogP contribution in [0.1, 0.15) is 11.4 Å². The molecule has 0 aliphatic carbocycles. The number of aromatic nitrogens is 2. The van der Waals surface area contributed by atoms with Crippen LogP contribution in [0.2, 0.25) is 0 Å². The highest BCUT2D eigenvalue weighted by molar-refractivity contribution is 5.15. The Bertz CT molecular complexity index is 395. The van der Waals surface area contributed by atoms with E-state index in [1.165, 1.54) is 5.56 Å². The Kier molecular flexibility index (Phi) is 2.60. The van der Waals surface area contributed by atoms with Gasteiger partial charge in [-0.25, -0.2) is 10.1 Å². The van der Waals surface area contributed by atoms with Crippen LogP contribution >= 0.6 is 0 Å². The van der Waals surface area contributed by atoms with Gasteiger partial charge in [-0.1, -0.05) is 30.3 Å². The van der Waals surface area contributed by atoms with Gasteiger partial charge in [0, 0.05) is 18.9 Å². The van der Waals surface area contributed by atoms with E-state index in [4.69, 9.17) is 0 Å². The first-order valence-corrected chi connectivity index (χ1v) is 4.52. The Balaban J connectivity index is 2.19. The molecule has 3 nitrogen and oxygen atoms in total. The van der Waals surface area contributed by atoms with E-state index in [1.807, 2.05) is 41.1 Å². The van der Waals surface area contributed by atoms with Crippen molar-refractivity contribution in [1.82, 2.24) is 9.55 Å². The summed E-state index contributed by atoms with van der Waals surface area (Å²) < 4.78 is 1.88. The fraction of sp³-hybridized carbons (Fsp3) is 0.182. The summed E-state index contributed by atoms with van der Waals surface area (Å²) in [6.07, 6.45) is 3.50. The van der Waals surface area contributed by atoms with Crippen molar-refractivity contribution in [2.45, 2.75) is 13.2 Å². The first kappa shape index (κ1) is 8.97. The molecule has 1 aromatic carbocycles. The molecule has 1 aromatic heterocycles. The van der Waals surface area contributed by atoms with Crippen LogP contribution in [0.3, 0.4) is 0 Å². The van der Waals surface area contributed by atoms with Crippen molar-refractivity contribution in [1.29, 1.82) is 0 Å². The van der Waals surface area contributed by atoms with Gasteiger partial charge in [0.05, 0.1) is 0 Å². The van der Waals surface area contributed by atoms with E-state index in [2.05, 4.69) is 4.98 Å². The van der Waals surface area contributed by atoms with Gasteiger partial charge in [-0.05, 0) is 5.56 Å². The Hall–Kier alpha value is -1.61. The van der Waals surface area contributed by atoms with E-state index in [1.54, 1.807) is 6.20 Å². The van der Waals surface area contributed by atoms with Gasteiger partial charge in [0.15, 0.2) is 0 Å². The number of imidazole rings is 1. The summed E-state index contributed by atoms with van der Waals surface area (Å²) >= 11 is 0. The lowest BCUT2D eigenvalue weighted by atomic mass is 10.2. The molecule has 0 N–H and O–H groups in total. The third kappa shape index (κ3) is 1.83. The molecule has 0 fully saturated rings. The summed E-state index contributed by atoms with van der Waals surface area (Å²) in [5, 5.41) is 10.7. The molecule has 0 bridgehead atoms. The van der Waals surface area contributed by atoms with Gasteiger partial charge >= 0.3 is 0 Å². The molecular formula is C11H11N2O. The maximum Gasteiger partial charge on any atom is 0.140 e. The molecule has 0 spiro atoms. The van der Waals surface area contributed by atoms with Crippen LogP contribution in [0.15, 0.2) is 42.7 Å². The maximum atomic E-state index is 10.7. The largest absolute Gasteiger partial charge is 0.328 e. The molecule has 0 aliphatic rings. The van der Waals surface area contributed by atoms with E-state index >= 15 is 0 Å². The molecule has 0 aliphatic heterocycles. The minimum absolute atomic E-state index is 0.264. The number of hydrogen-bond donors (Lipinski definition) is 0. The highest BCUT2D eigenvalue weighted by atomic mass is 16.3. The van der Waals surface area contributed by atoms with E-state index in [9.17, 15) is 5.11 Å². The van der Waals surface area contributed by atoms with Crippen molar-refractivity contribution in [3.8, 4) is 0 Å². The van der Waals surface area contributed by atoms with Gasteiger partial charge in [-0.3, -0.25) is 0 Å². The maximum absolute atomic E-state index is 10.7. The number of hydrogen-bond acceptors (Lipinski definition) is 1. The average Bonchev–Trinajstić information content (AvgIpc) is 2.67. The minimum atomic E-state index is -0.264. The summed E-state index contributed by atoms with van der Waals surface area (Å²) in [5.41, 5.74) is 1.18. The molecule has 3 heteroatoms. The highest BCUT2D eigenvalue weighted by Crippen LogP contribution is 2.05. The smallest absolute Gasteiger partial charge is 0.140 e. The van der Waals surface area contributed by atoms with Gasteiger partial charge < -0.3 is 4.57 Å². The molecule has 0 saturated heterocycles. The molecule has 0 unspecified atom stereocenters. The summed E-state index contributed by atoms with van der Waals surface area (Å²) in [6.45, 7) is 0.457. The summed E-state index contributed by atoms with van der Waals surface area (Å²) in [5.74, 6) is 0.592. The van der Waals surface area contributed by atoms with Crippen molar-refractivity contribution < 1.29 is 5.11 Å². The second kappa shape index (κ2) is 4.07. The fourth-order valence-corrected chi connectivity index (χ4v) is 1.40. The zero-order chi connectivity index (χ0) is 9.80. The Morgan fingerprint density at radius 1 is 1.21 bits per heavy atom. The lowest BCUT2D eigenvalue weighted by Gasteiger charge is -2.04. The van der Waals surface area contributed by atoms with E-state index in [0.29, 0.717) is 5.82 Å². The van der Waals surface area contributed by atoms with Crippen LogP contribution in [0.25, 0.3) is 0 Å². The standard InChI is InChI=1S/C11H11N2O/c14-9-11-12-6-7-13(11)8-10-4-2-1-3-5-10/h1-7H,8-9H2. The normalized spacial score (nSPS) is 10.4. The van der Waals surface area contributed by atoms with E-state index < -0.39 is 0 Å². The summed E-state index contributed by atoms with van der Waals surface area (Å²) in [7, 11) is 0. The predicted molar refractivity (Wildman–Crippen MR) is 52.2 cm³/mol. The zero-order valence-electron chi connectivity index (χ0n) is 7.76. The summed E-state index contributed by atoms with van der Waals surface area (Å²) in [6, 6.07) is 10.0. The third-order valence-electron chi connectivity index (χ3n) is 2.13. The lowest BCUT2D eigenvalue weighted by Crippen LogP contribution is -2.03. The minimum Gasteiger partial charge on any atom is -0.328 e. The fourth-order valence-electron chi connectivity index (χ4n) is 1.40. The van der Waals surface area contributed by atoms with Crippen LogP contribution in [-0.2, 0) is 18.3 Å². The average molecular weight is 187 g/mol. The monoisotopic (exact) mass is 187 g/mol. The van der Waals surface area contributed by atoms with Crippen molar-refractivity contribution in [2.75, 3.05) is 0 Å². The molecule has 0 atom stereocenters. The zero-order valence-corrected chi connectivity index (χ0v) is 7.76. The van der Waals surface area contributed by atoms with Gasteiger partial charge in [0.2, 0.25) is 0 Å². The molecule has 71 valence electrons. The molecule has 1 heterocycles. The number of nitrogens with zero attached hydrogens (tertiary/aromatic N) is 2. The molecule has 0 saturated carbocycles. The molecular weight excluding hydrogens is 176 g/mol. The van der Waals surface area contributed by atoms with Crippen LogP contribution in [0, 0.1) is 0 Å². The molecule has 2 rings (SSSR count). The van der Waals surface area contributed by atoms with Crippen molar-refractivity contribution in [3.05, 3.63) is 54.1 Å². The van der Waals surface area contributed by atoms with Crippen LogP contribution in [0.5, 0.6) is 0 Å². The van der Waals surface area contributed by atoms with Gasteiger partial charge in [0.1, 0.15) is 12.4 Å². The second-order valence-electron chi connectivity index (χ2n) is 3.10. The second-order valence-corrected chi connectivity index (χ2v) is 3.10. The molecule has 0 amide bonds.